The lowest BCUT2D eigenvalue weighted by Crippen LogP contribution is -1.92. The van der Waals surface area contributed by atoms with Gasteiger partial charge in [0.25, 0.3) is 0 Å². The number of pyridine rings is 1. The molecule has 0 aliphatic rings. The number of thiophene rings is 1. The fourth-order valence-electron chi connectivity index (χ4n) is 1.39. The van der Waals surface area contributed by atoms with Gasteiger partial charge in [0.2, 0.25) is 0 Å². The summed E-state index contributed by atoms with van der Waals surface area (Å²) in [5, 5.41) is 2.11. The number of hydrogen-bond donors (Lipinski definition) is 0. The first-order valence-electron chi connectivity index (χ1n) is 4.97. The van der Waals surface area contributed by atoms with Crippen LogP contribution in [0, 0.1) is 6.92 Å². The van der Waals surface area contributed by atoms with Gasteiger partial charge in [0.1, 0.15) is 0 Å². The number of nitrogens with zero attached hydrogens (tertiary/aromatic N) is 1. The summed E-state index contributed by atoms with van der Waals surface area (Å²) >= 11 is 9.48. The molecule has 5 heteroatoms. The highest BCUT2D eigenvalue weighted by molar-refractivity contribution is 7.98. The molecule has 92 valence electrons. The molecule has 17 heavy (non-hydrogen) atoms. The predicted octanol–water partition coefficient (Wildman–Crippen LogP) is 4.90. The van der Waals surface area contributed by atoms with Crippen molar-refractivity contribution >= 4 is 47.1 Å². The maximum Gasteiger partial charge on any atom is 0.0650 e. The molecule has 0 saturated carbocycles. The van der Waals surface area contributed by atoms with Crippen LogP contribution in [-0.4, -0.2) is 4.98 Å². The van der Waals surface area contributed by atoms with Gasteiger partial charge in [-0.3, -0.25) is 4.98 Å². The zero-order valence-electron chi connectivity index (χ0n) is 9.35. The van der Waals surface area contributed by atoms with Crippen LogP contribution in [0.15, 0.2) is 34.7 Å². The van der Waals surface area contributed by atoms with Crippen molar-refractivity contribution in [3.8, 4) is 0 Å². The van der Waals surface area contributed by atoms with E-state index in [1.54, 1.807) is 11.3 Å². The van der Waals surface area contributed by atoms with E-state index in [0.717, 1.165) is 11.4 Å². The van der Waals surface area contributed by atoms with Crippen LogP contribution in [0.3, 0.4) is 0 Å². The Morgan fingerprint density at radius 2 is 2.24 bits per heavy atom. The van der Waals surface area contributed by atoms with Gasteiger partial charge in [0, 0.05) is 21.7 Å². The van der Waals surface area contributed by atoms with Gasteiger partial charge in [0.05, 0.1) is 11.6 Å². The molecule has 0 N–H and O–H groups in total. The van der Waals surface area contributed by atoms with E-state index < -0.39 is 0 Å². The molecular formula is C12H13Cl2NS2. The standard InChI is InChI=1S/C12H12ClNS2.ClH/c1-9-11(7-13)14-5-4-12(9)16-8-10-3-2-6-15-10;/h2-6H,7-8H2,1H3;1H. The second kappa shape index (κ2) is 7.27. The van der Waals surface area contributed by atoms with E-state index in [0.29, 0.717) is 5.88 Å². The second-order valence-corrected chi connectivity index (χ2v) is 5.70. The topological polar surface area (TPSA) is 12.9 Å². The Hall–Kier alpha value is -0.220. The molecule has 2 rings (SSSR count). The molecule has 0 atom stereocenters. The van der Waals surface area contributed by atoms with Gasteiger partial charge in [-0.2, -0.15) is 0 Å². The lowest BCUT2D eigenvalue weighted by atomic mass is 10.2. The van der Waals surface area contributed by atoms with Gasteiger partial charge in [0.15, 0.2) is 0 Å². The third-order valence-electron chi connectivity index (χ3n) is 2.34. The van der Waals surface area contributed by atoms with Crippen LogP contribution in [0.5, 0.6) is 0 Å². The van der Waals surface area contributed by atoms with Gasteiger partial charge in [-0.1, -0.05) is 6.07 Å². The number of alkyl halides is 1. The number of halogens is 2. The summed E-state index contributed by atoms with van der Waals surface area (Å²) < 4.78 is 0. The van der Waals surface area contributed by atoms with Crippen LogP contribution in [-0.2, 0) is 11.6 Å². The molecule has 1 nitrogen and oxygen atoms in total. The van der Waals surface area contributed by atoms with Gasteiger partial charge in [-0.05, 0) is 30.0 Å². The summed E-state index contributed by atoms with van der Waals surface area (Å²) in [6.45, 7) is 2.08. The quantitative estimate of drug-likeness (QED) is 0.588. The van der Waals surface area contributed by atoms with Gasteiger partial charge in [-0.15, -0.1) is 47.1 Å². The van der Waals surface area contributed by atoms with Crippen molar-refractivity contribution in [2.45, 2.75) is 23.5 Å². The van der Waals surface area contributed by atoms with Crippen molar-refractivity contribution < 1.29 is 0 Å². The summed E-state index contributed by atoms with van der Waals surface area (Å²) in [5.41, 5.74) is 2.19. The van der Waals surface area contributed by atoms with Crippen LogP contribution in [0.2, 0.25) is 0 Å². The Labute approximate surface area is 121 Å². The van der Waals surface area contributed by atoms with Crippen LogP contribution in [0.25, 0.3) is 0 Å². The third-order valence-corrected chi connectivity index (χ3v) is 4.86. The van der Waals surface area contributed by atoms with Crippen LogP contribution in [0.1, 0.15) is 16.1 Å². The smallest absolute Gasteiger partial charge is 0.0650 e. The Kier molecular flexibility index (Phi) is 6.34. The highest BCUT2D eigenvalue weighted by Gasteiger charge is 2.05. The molecule has 2 aromatic heterocycles. The Morgan fingerprint density at radius 3 is 2.88 bits per heavy atom. The summed E-state index contributed by atoms with van der Waals surface area (Å²) in [4.78, 5) is 6.93. The van der Waals surface area contributed by atoms with E-state index in [4.69, 9.17) is 11.6 Å². The summed E-state index contributed by atoms with van der Waals surface area (Å²) in [7, 11) is 0. The highest BCUT2D eigenvalue weighted by atomic mass is 35.5. The number of rotatable bonds is 4. The Bertz CT molecular complexity index is 458. The monoisotopic (exact) mass is 305 g/mol. The van der Waals surface area contributed by atoms with Gasteiger partial charge >= 0.3 is 0 Å². The molecule has 0 bridgehead atoms. The minimum atomic E-state index is 0. The van der Waals surface area contributed by atoms with Crippen molar-refractivity contribution in [3.63, 3.8) is 0 Å². The van der Waals surface area contributed by atoms with E-state index in [9.17, 15) is 0 Å². The van der Waals surface area contributed by atoms with Gasteiger partial charge in [-0.25, -0.2) is 0 Å². The maximum atomic E-state index is 5.83. The maximum absolute atomic E-state index is 5.83. The first-order valence-corrected chi connectivity index (χ1v) is 7.37. The molecule has 0 amide bonds. The zero-order valence-corrected chi connectivity index (χ0v) is 12.6. The molecular weight excluding hydrogens is 293 g/mol. The average Bonchev–Trinajstić information content (AvgIpc) is 2.81. The number of thioether (sulfide) groups is 1. The Morgan fingerprint density at radius 1 is 1.41 bits per heavy atom. The largest absolute Gasteiger partial charge is 0.260 e. The van der Waals surface area contributed by atoms with Gasteiger partial charge < -0.3 is 0 Å². The zero-order chi connectivity index (χ0) is 11.4. The minimum Gasteiger partial charge on any atom is -0.260 e. The number of hydrogen-bond acceptors (Lipinski definition) is 3. The van der Waals surface area contributed by atoms with Crippen molar-refractivity contribution in [1.82, 2.24) is 4.98 Å². The SMILES string of the molecule is Cc1c(SCc2cccs2)ccnc1CCl.Cl. The van der Waals surface area contributed by atoms with E-state index in [2.05, 4.69) is 35.5 Å². The fourth-order valence-corrected chi connectivity index (χ4v) is 3.49. The lowest BCUT2D eigenvalue weighted by Gasteiger charge is -2.07. The van der Waals surface area contributed by atoms with Crippen LogP contribution >= 0.6 is 47.1 Å². The lowest BCUT2D eigenvalue weighted by molar-refractivity contribution is 1.07. The summed E-state index contributed by atoms with van der Waals surface area (Å²) in [6.07, 6.45) is 1.83. The van der Waals surface area contributed by atoms with E-state index in [1.807, 2.05) is 18.0 Å². The molecule has 0 aliphatic heterocycles. The van der Waals surface area contributed by atoms with E-state index >= 15 is 0 Å². The first kappa shape index (κ1) is 14.8. The molecule has 0 fully saturated rings. The van der Waals surface area contributed by atoms with E-state index in [1.165, 1.54) is 15.3 Å². The van der Waals surface area contributed by atoms with Crippen molar-refractivity contribution in [2.75, 3.05) is 0 Å². The molecule has 2 heterocycles. The fraction of sp³-hybridized carbons (Fsp3) is 0.250. The van der Waals surface area contributed by atoms with Crippen molar-refractivity contribution in [2.24, 2.45) is 0 Å². The minimum absolute atomic E-state index is 0. The molecule has 0 spiro atoms. The Balaban J connectivity index is 0.00000144. The second-order valence-electron chi connectivity index (χ2n) is 3.38. The molecule has 0 aromatic carbocycles. The van der Waals surface area contributed by atoms with Crippen LogP contribution < -0.4 is 0 Å². The first-order chi connectivity index (χ1) is 7.81. The molecule has 0 aliphatic carbocycles. The molecule has 0 saturated heterocycles. The summed E-state index contributed by atoms with van der Waals surface area (Å²) in [5.74, 6) is 1.50. The number of aromatic nitrogens is 1. The van der Waals surface area contributed by atoms with Crippen molar-refractivity contribution in [1.29, 1.82) is 0 Å². The molecule has 2 aromatic rings. The normalized spacial score (nSPS) is 10.0. The average molecular weight is 306 g/mol. The third kappa shape index (κ3) is 3.88. The molecule has 0 radical (unpaired) electrons. The van der Waals surface area contributed by atoms with Crippen LogP contribution in [0.4, 0.5) is 0 Å². The van der Waals surface area contributed by atoms with E-state index in [-0.39, 0.29) is 12.4 Å². The summed E-state index contributed by atoms with van der Waals surface area (Å²) in [6, 6.07) is 6.31. The molecule has 0 unspecified atom stereocenters. The predicted molar refractivity (Wildman–Crippen MR) is 79.7 cm³/mol. The van der Waals surface area contributed by atoms with Crippen molar-refractivity contribution in [3.05, 3.63) is 45.9 Å². The highest BCUT2D eigenvalue weighted by Crippen LogP contribution is 2.28.